The molecular weight excluding hydrogens is 262 g/mol. The van der Waals surface area contributed by atoms with E-state index < -0.39 is 0 Å². The monoisotopic (exact) mass is 277 g/mol. The van der Waals surface area contributed by atoms with Crippen molar-refractivity contribution in [1.82, 2.24) is 10.2 Å². The van der Waals surface area contributed by atoms with Crippen molar-refractivity contribution in [2.45, 2.75) is 18.9 Å². The Bertz CT molecular complexity index is 752. The van der Waals surface area contributed by atoms with Gasteiger partial charge in [-0.05, 0) is 42.2 Å². The lowest BCUT2D eigenvalue weighted by molar-refractivity contribution is 0.568. The first-order valence-corrected chi connectivity index (χ1v) is 7.11. The summed E-state index contributed by atoms with van der Waals surface area (Å²) in [7, 11) is 0. The molecule has 4 rings (SSSR count). The lowest BCUT2D eigenvalue weighted by atomic mass is 10.1. The van der Waals surface area contributed by atoms with E-state index in [0.717, 1.165) is 24.1 Å². The van der Waals surface area contributed by atoms with Crippen molar-refractivity contribution in [3.05, 3.63) is 66.1 Å². The van der Waals surface area contributed by atoms with Crippen LogP contribution in [-0.4, -0.2) is 10.2 Å². The molecule has 0 saturated heterocycles. The number of nitrogens with one attached hydrogen (secondary N) is 1. The van der Waals surface area contributed by atoms with Gasteiger partial charge in [0, 0.05) is 11.3 Å². The molecule has 1 N–H and O–H groups in total. The Hall–Kier alpha value is -2.62. The zero-order valence-electron chi connectivity index (χ0n) is 11.5. The number of fused-ring (bicyclic) bond motifs is 1. The summed E-state index contributed by atoms with van der Waals surface area (Å²) in [5.74, 6) is 0.547. The fourth-order valence-electron chi connectivity index (χ4n) is 2.95. The minimum Gasteiger partial charge on any atom is -0.423 e. The molecule has 1 unspecified atom stereocenters. The minimum absolute atomic E-state index is 0.374. The maximum Gasteiger partial charge on any atom is 0.247 e. The zero-order valence-corrected chi connectivity index (χ0v) is 11.5. The van der Waals surface area contributed by atoms with Crippen LogP contribution in [0.3, 0.4) is 0 Å². The largest absolute Gasteiger partial charge is 0.423 e. The molecule has 0 saturated carbocycles. The minimum atomic E-state index is 0.374. The molecular formula is C17H15N3O. The van der Waals surface area contributed by atoms with Gasteiger partial charge in [-0.3, -0.25) is 0 Å². The number of aromatic nitrogens is 2. The highest BCUT2D eigenvalue weighted by Gasteiger charge is 2.21. The third-order valence-corrected chi connectivity index (χ3v) is 3.94. The van der Waals surface area contributed by atoms with Crippen molar-refractivity contribution >= 4 is 5.69 Å². The van der Waals surface area contributed by atoms with Gasteiger partial charge in [-0.2, -0.15) is 0 Å². The molecule has 0 fully saturated rings. The normalized spacial score (nSPS) is 16.7. The lowest BCUT2D eigenvalue weighted by Crippen LogP contribution is -2.06. The molecule has 0 radical (unpaired) electrons. The Balaban J connectivity index is 1.60. The van der Waals surface area contributed by atoms with Gasteiger partial charge < -0.3 is 9.73 Å². The molecule has 0 bridgehead atoms. The Labute approximate surface area is 122 Å². The van der Waals surface area contributed by atoms with Crippen LogP contribution in [0, 0.1) is 0 Å². The summed E-state index contributed by atoms with van der Waals surface area (Å²) < 4.78 is 5.25. The van der Waals surface area contributed by atoms with Crippen LogP contribution in [0.2, 0.25) is 0 Å². The average molecular weight is 277 g/mol. The zero-order chi connectivity index (χ0) is 14.1. The van der Waals surface area contributed by atoms with Crippen molar-refractivity contribution in [1.29, 1.82) is 0 Å². The Morgan fingerprint density at radius 3 is 2.95 bits per heavy atom. The smallest absolute Gasteiger partial charge is 0.247 e. The second-order valence-electron chi connectivity index (χ2n) is 5.26. The lowest BCUT2D eigenvalue weighted by Gasteiger charge is -2.16. The van der Waals surface area contributed by atoms with E-state index in [1.807, 2.05) is 12.1 Å². The van der Waals surface area contributed by atoms with Crippen LogP contribution in [0.4, 0.5) is 5.69 Å². The average Bonchev–Trinajstić information content (AvgIpc) is 3.18. The van der Waals surface area contributed by atoms with E-state index in [1.165, 1.54) is 17.5 Å². The summed E-state index contributed by atoms with van der Waals surface area (Å²) in [4.78, 5) is 0. The first-order valence-electron chi connectivity index (χ1n) is 7.11. The van der Waals surface area contributed by atoms with E-state index >= 15 is 0 Å². The predicted molar refractivity (Wildman–Crippen MR) is 80.9 cm³/mol. The van der Waals surface area contributed by atoms with E-state index in [4.69, 9.17) is 4.42 Å². The Morgan fingerprint density at radius 2 is 2.05 bits per heavy atom. The molecule has 4 heteroatoms. The summed E-state index contributed by atoms with van der Waals surface area (Å²) in [6.07, 6.45) is 3.62. The first kappa shape index (κ1) is 12.1. The van der Waals surface area contributed by atoms with Gasteiger partial charge in [0.05, 0.1) is 6.04 Å². The number of nitrogens with zero attached hydrogens (tertiary/aromatic N) is 2. The Kier molecular flexibility index (Phi) is 2.92. The molecule has 2 aromatic carbocycles. The van der Waals surface area contributed by atoms with Crippen LogP contribution >= 0.6 is 0 Å². The number of rotatable bonds is 3. The summed E-state index contributed by atoms with van der Waals surface area (Å²) >= 11 is 0. The molecule has 1 aromatic heterocycles. The number of hydrogen-bond acceptors (Lipinski definition) is 4. The number of anilines is 1. The van der Waals surface area contributed by atoms with E-state index in [0.29, 0.717) is 11.9 Å². The SMILES string of the molecule is c1cc(NC2CCc3ccccc32)cc(-c2nnco2)c1. The number of aryl methyl sites for hydroxylation is 1. The van der Waals surface area contributed by atoms with Crippen molar-refractivity contribution in [3.63, 3.8) is 0 Å². The van der Waals surface area contributed by atoms with Crippen LogP contribution < -0.4 is 5.32 Å². The van der Waals surface area contributed by atoms with Crippen LogP contribution in [0.25, 0.3) is 11.5 Å². The second kappa shape index (κ2) is 5.05. The molecule has 1 heterocycles. The highest BCUT2D eigenvalue weighted by molar-refractivity contribution is 5.61. The maximum absolute atomic E-state index is 5.25. The molecule has 0 aliphatic heterocycles. The Morgan fingerprint density at radius 1 is 1.10 bits per heavy atom. The van der Waals surface area contributed by atoms with Crippen molar-refractivity contribution < 1.29 is 4.42 Å². The summed E-state index contributed by atoms with van der Waals surface area (Å²) in [5, 5.41) is 11.3. The predicted octanol–water partition coefficient (Wildman–Crippen LogP) is 3.84. The summed E-state index contributed by atoms with van der Waals surface area (Å²) in [6, 6.07) is 17.1. The van der Waals surface area contributed by atoms with Crippen molar-refractivity contribution in [2.24, 2.45) is 0 Å². The molecule has 1 aliphatic rings. The fraction of sp³-hybridized carbons (Fsp3) is 0.176. The third kappa shape index (κ3) is 2.29. The van der Waals surface area contributed by atoms with Crippen molar-refractivity contribution in [3.8, 4) is 11.5 Å². The van der Waals surface area contributed by atoms with Gasteiger partial charge in [0.1, 0.15) is 0 Å². The standard InChI is InChI=1S/C17H15N3O/c1-2-7-15-12(4-1)8-9-16(15)19-14-6-3-5-13(10-14)17-20-18-11-21-17/h1-7,10-11,16,19H,8-9H2. The molecule has 104 valence electrons. The fourth-order valence-corrected chi connectivity index (χ4v) is 2.95. The van der Waals surface area contributed by atoms with Crippen LogP contribution in [0.5, 0.6) is 0 Å². The van der Waals surface area contributed by atoms with Gasteiger partial charge in [-0.25, -0.2) is 0 Å². The highest BCUT2D eigenvalue weighted by Crippen LogP contribution is 2.34. The van der Waals surface area contributed by atoms with Gasteiger partial charge in [-0.1, -0.05) is 30.3 Å². The molecule has 1 aliphatic carbocycles. The molecule has 0 spiro atoms. The summed E-state index contributed by atoms with van der Waals surface area (Å²) in [5.41, 5.74) is 4.86. The molecule has 4 nitrogen and oxygen atoms in total. The number of hydrogen-bond donors (Lipinski definition) is 1. The topological polar surface area (TPSA) is 51.0 Å². The number of benzene rings is 2. The van der Waals surface area contributed by atoms with E-state index in [-0.39, 0.29) is 0 Å². The molecule has 1 atom stereocenters. The van der Waals surface area contributed by atoms with Crippen LogP contribution in [0.1, 0.15) is 23.6 Å². The van der Waals surface area contributed by atoms with Gasteiger partial charge in [0.2, 0.25) is 12.3 Å². The van der Waals surface area contributed by atoms with E-state index in [2.05, 4.69) is 51.9 Å². The summed E-state index contributed by atoms with van der Waals surface area (Å²) in [6.45, 7) is 0. The van der Waals surface area contributed by atoms with Crippen molar-refractivity contribution in [2.75, 3.05) is 5.32 Å². The third-order valence-electron chi connectivity index (χ3n) is 3.94. The highest BCUT2D eigenvalue weighted by atomic mass is 16.4. The molecule has 21 heavy (non-hydrogen) atoms. The van der Waals surface area contributed by atoms with Gasteiger partial charge in [0.25, 0.3) is 0 Å². The van der Waals surface area contributed by atoms with Gasteiger partial charge in [-0.15, -0.1) is 10.2 Å². The van der Waals surface area contributed by atoms with Gasteiger partial charge >= 0.3 is 0 Å². The molecule has 3 aromatic rings. The van der Waals surface area contributed by atoms with E-state index in [9.17, 15) is 0 Å². The first-order chi connectivity index (χ1) is 10.4. The van der Waals surface area contributed by atoms with Crippen LogP contribution in [-0.2, 0) is 6.42 Å². The van der Waals surface area contributed by atoms with E-state index in [1.54, 1.807) is 0 Å². The maximum atomic E-state index is 5.25. The quantitative estimate of drug-likeness (QED) is 0.790. The van der Waals surface area contributed by atoms with Crippen LogP contribution in [0.15, 0.2) is 59.3 Å². The molecule has 0 amide bonds. The second-order valence-corrected chi connectivity index (χ2v) is 5.26. The van der Waals surface area contributed by atoms with Gasteiger partial charge in [0.15, 0.2) is 0 Å².